The van der Waals surface area contributed by atoms with Crippen LogP contribution in [0, 0.1) is 0 Å². The lowest BCUT2D eigenvalue weighted by atomic mass is 10.0. The molecule has 102 valence electrons. The highest BCUT2D eigenvalue weighted by atomic mass is 16.6. The highest BCUT2D eigenvalue weighted by molar-refractivity contribution is 5.91. The Hall–Kier alpha value is -1.59. The SMILES string of the molecule is COC(=O)[C@@H]1CC(=O)CCN1C(=O)OC(C)(C)C. The minimum Gasteiger partial charge on any atom is -0.467 e. The number of hydrogen-bond donors (Lipinski definition) is 0. The Labute approximate surface area is 106 Å². The number of methoxy groups -OCH3 is 1. The maximum Gasteiger partial charge on any atom is 0.411 e. The quantitative estimate of drug-likeness (QED) is 0.658. The number of rotatable bonds is 1. The van der Waals surface area contributed by atoms with Crippen molar-refractivity contribution in [3.63, 3.8) is 0 Å². The van der Waals surface area contributed by atoms with Gasteiger partial charge in [-0.1, -0.05) is 0 Å². The first kappa shape index (κ1) is 14.5. The van der Waals surface area contributed by atoms with Crippen LogP contribution in [0.15, 0.2) is 0 Å². The molecule has 6 heteroatoms. The summed E-state index contributed by atoms with van der Waals surface area (Å²) in [7, 11) is 1.23. The van der Waals surface area contributed by atoms with Gasteiger partial charge in [0.25, 0.3) is 0 Å². The fraction of sp³-hybridized carbons (Fsp3) is 0.750. The van der Waals surface area contributed by atoms with Crippen LogP contribution in [0.1, 0.15) is 33.6 Å². The average molecular weight is 257 g/mol. The number of likely N-dealkylation sites (tertiary alicyclic amines) is 1. The number of hydrogen-bond acceptors (Lipinski definition) is 5. The van der Waals surface area contributed by atoms with Crippen LogP contribution in [0.4, 0.5) is 4.79 Å². The molecular formula is C12H19NO5. The number of ether oxygens (including phenoxy) is 2. The van der Waals surface area contributed by atoms with Crippen molar-refractivity contribution in [2.45, 2.75) is 45.3 Å². The molecule has 1 aliphatic rings. The fourth-order valence-electron chi connectivity index (χ4n) is 1.71. The maximum atomic E-state index is 11.9. The average Bonchev–Trinajstić information content (AvgIpc) is 2.25. The van der Waals surface area contributed by atoms with Gasteiger partial charge >= 0.3 is 12.1 Å². The predicted octanol–water partition coefficient (Wildman–Crippen LogP) is 1.13. The first-order valence-corrected chi connectivity index (χ1v) is 5.84. The van der Waals surface area contributed by atoms with Gasteiger partial charge in [0.2, 0.25) is 0 Å². The molecule has 1 saturated heterocycles. The van der Waals surface area contributed by atoms with Gasteiger partial charge in [-0.05, 0) is 20.8 Å². The van der Waals surface area contributed by atoms with Crippen LogP contribution in [0.2, 0.25) is 0 Å². The lowest BCUT2D eigenvalue weighted by Gasteiger charge is -2.34. The topological polar surface area (TPSA) is 72.9 Å². The standard InChI is InChI=1S/C12H19NO5/c1-12(2,3)18-11(16)13-6-5-8(14)7-9(13)10(15)17-4/h9H,5-7H2,1-4H3/t9-/m0/s1. The number of ketones is 1. The van der Waals surface area contributed by atoms with Gasteiger partial charge in [0, 0.05) is 19.4 Å². The van der Waals surface area contributed by atoms with E-state index in [1.165, 1.54) is 12.0 Å². The Morgan fingerprint density at radius 3 is 2.44 bits per heavy atom. The molecule has 0 bridgehead atoms. The molecule has 0 radical (unpaired) electrons. The molecule has 0 aromatic rings. The molecule has 0 unspecified atom stereocenters. The van der Waals surface area contributed by atoms with Crippen molar-refractivity contribution in [3.8, 4) is 0 Å². The lowest BCUT2D eigenvalue weighted by Crippen LogP contribution is -2.52. The summed E-state index contributed by atoms with van der Waals surface area (Å²) in [5.74, 6) is -0.640. The van der Waals surface area contributed by atoms with E-state index in [0.29, 0.717) is 0 Å². The minimum atomic E-state index is -0.869. The van der Waals surface area contributed by atoms with Crippen LogP contribution >= 0.6 is 0 Å². The number of carbonyl (C=O) groups excluding carboxylic acids is 3. The summed E-state index contributed by atoms with van der Waals surface area (Å²) >= 11 is 0. The van der Waals surface area contributed by atoms with Gasteiger partial charge in [-0.25, -0.2) is 9.59 Å². The second kappa shape index (κ2) is 5.37. The molecule has 0 N–H and O–H groups in total. The van der Waals surface area contributed by atoms with E-state index in [-0.39, 0.29) is 25.2 Å². The van der Waals surface area contributed by atoms with Gasteiger partial charge in [-0.2, -0.15) is 0 Å². The molecule has 1 amide bonds. The smallest absolute Gasteiger partial charge is 0.411 e. The largest absolute Gasteiger partial charge is 0.467 e. The Balaban J connectivity index is 2.80. The van der Waals surface area contributed by atoms with Gasteiger partial charge < -0.3 is 9.47 Å². The number of nitrogens with zero attached hydrogens (tertiary/aromatic N) is 1. The third-order valence-corrected chi connectivity index (χ3v) is 2.53. The molecule has 1 heterocycles. The summed E-state index contributed by atoms with van der Waals surface area (Å²) in [4.78, 5) is 36.1. The highest BCUT2D eigenvalue weighted by Gasteiger charge is 2.38. The van der Waals surface area contributed by atoms with Crippen LogP contribution < -0.4 is 0 Å². The zero-order chi connectivity index (χ0) is 13.9. The number of Topliss-reactive ketones (excluding diaryl/α,β-unsaturated/α-hetero) is 1. The second-order valence-corrected chi connectivity index (χ2v) is 5.21. The molecule has 1 fully saturated rings. The summed E-state index contributed by atoms with van der Waals surface area (Å²) in [5.41, 5.74) is -0.640. The molecule has 0 aliphatic carbocycles. The normalized spacial score (nSPS) is 20.6. The van der Waals surface area contributed by atoms with Crippen molar-refractivity contribution >= 4 is 17.8 Å². The van der Waals surface area contributed by atoms with Gasteiger partial charge in [-0.3, -0.25) is 9.69 Å². The molecular weight excluding hydrogens is 238 g/mol. The van der Waals surface area contributed by atoms with Crippen LogP contribution in [0.5, 0.6) is 0 Å². The van der Waals surface area contributed by atoms with E-state index in [0.717, 1.165) is 0 Å². The zero-order valence-corrected chi connectivity index (χ0v) is 11.2. The number of piperidine rings is 1. The molecule has 0 saturated carbocycles. The molecule has 18 heavy (non-hydrogen) atoms. The summed E-state index contributed by atoms with van der Waals surface area (Å²) in [6.45, 7) is 5.42. The van der Waals surface area contributed by atoms with Crippen molar-refractivity contribution < 1.29 is 23.9 Å². The summed E-state index contributed by atoms with van der Waals surface area (Å²) < 4.78 is 9.81. The van der Waals surface area contributed by atoms with E-state index in [1.54, 1.807) is 20.8 Å². The number of amides is 1. The highest BCUT2D eigenvalue weighted by Crippen LogP contribution is 2.19. The Bertz CT molecular complexity index is 358. The van der Waals surface area contributed by atoms with Gasteiger partial charge in [0.1, 0.15) is 17.4 Å². The fourth-order valence-corrected chi connectivity index (χ4v) is 1.71. The van der Waals surface area contributed by atoms with Gasteiger partial charge in [0.15, 0.2) is 0 Å². The van der Waals surface area contributed by atoms with Gasteiger partial charge in [0.05, 0.1) is 7.11 Å². The van der Waals surface area contributed by atoms with Crippen LogP contribution in [0.25, 0.3) is 0 Å². The van der Waals surface area contributed by atoms with Crippen LogP contribution in [-0.4, -0.2) is 48.0 Å². The molecule has 0 aromatic heterocycles. The van der Waals surface area contributed by atoms with Crippen molar-refractivity contribution in [1.29, 1.82) is 0 Å². The van der Waals surface area contributed by atoms with Crippen LogP contribution in [-0.2, 0) is 19.1 Å². The van der Waals surface area contributed by atoms with E-state index >= 15 is 0 Å². The van der Waals surface area contributed by atoms with E-state index in [1.807, 2.05) is 0 Å². The molecule has 1 rings (SSSR count). The van der Waals surface area contributed by atoms with Crippen LogP contribution in [0.3, 0.4) is 0 Å². The zero-order valence-electron chi connectivity index (χ0n) is 11.2. The van der Waals surface area contributed by atoms with Crippen molar-refractivity contribution in [1.82, 2.24) is 4.90 Å². The first-order chi connectivity index (χ1) is 8.24. The summed E-state index contributed by atoms with van der Waals surface area (Å²) in [6.07, 6.45) is -0.357. The summed E-state index contributed by atoms with van der Waals surface area (Å²) in [6, 6.07) is -0.869. The lowest BCUT2D eigenvalue weighted by molar-refractivity contribution is -0.150. The monoisotopic (exact) mass is 257 g/mol. The summed E-state index contributed by atoms with van der Waals surface area (Å²) in [5, 5.41) is 0. The van der Waals surface area contributed by atoms with E-state index in [9.17, 15) is 14.4 Å². The van der Waals surface area contributed by atoms with Crippen molar-refractivity contribution in [3.05, 3.63) is 0 Å². The Kier molecular flexibility index (Phi) is 4.32. The van der Waals surface area contributed by atoms with Crippen molar-refractivity contribution in [2.75, 3.05) is 13.7 Å². The number of carbonyl (C=O) groups is 3. The second-order valence-electron chi connectivity index (χ2n) is 5.21. The third kappa shape index (κ3) is 3.72. The Morgan fingerprint density at radius 1 is 1.33 bits per heavy atom. The molecule has 0 spiro atoms. The maximum absolute atomic E-state index is 11.9. The van der Waals surface area contributed by atoms with E-state index in [4.69, 9.17) is 4.74 Å². The molecule has 1 aliphatic heterocycles. The van der Waals surface area contributed by atoms with Crippen molar-refractivity contribution in [2.24, 2.45) is 0 Å². The predicted molar refractivity (Wildman–Crippen MR) is 63.0 cm³/mol. The molecule has 0 aromatic carbocycles. The van der Waals surface area contributed by atoms with Gasteiger partial charge in [-0.15, -0.1) is 0 Å². The first-order valence-electron chi connectivity index (χ1n) is 5.84. The molecule has 6 nitrogen and oxygen atoms in total. The third-order valence-electron chi connectivity index (χ3n) is 2.53. The Morgan fingerprint density at radius 2 is 1.94 bits per heavy atom. The molecule has 1 atom stereocenters. The van der Waals surface area contributed by atoms with E-state index < -0.39 is 23.7 Å². The number of esters is 1. The minimum absolute atomic E-state index is 0.00802. The van der Waals surface area contributed by atoms with E-state index in [2.05, 4.69) is 4.74 Å².